The van der Waals surface area contributed by atoms with Crippen molar-refractivity contribution in [2.45, 2.75) is 13.3 Å². The number of carboxylic acid groups (broad SMARTS) is 1. The minimum absolute atomic E-state index is 0.0630. The molecular formula is C11H12F2N2O4. The summed E-state index contributed by atoms with van der Waals surface area (Å²) in [5.41, 5.74) is -1.29. The van der Waals surface area contributed by atoms with E-state index in [4.69, 9.17) is 5.11 Å². The van der Waals surface area contributed by atoms with Crippen LogP contribution in [0.1, 0.15) is 13.3 Å². The number of nitro benzene ring substituents is 1. The van der Waals surface area contributed by atoms with Crippen molar-refractivity contribution in [2.75, 3.05) is 18.0 Å². The van der Waals surface area contributed by atoms with Gasteiger partial charge in [-0.1, -0.05) is 6.92 Å². The van der Waals surface area contributed by atoms with E-state index in [1.54, 1.807) is 6.92 Å². The molecule has 0 aliphatic heterocycles. The van der Waals surface area contributed by atoms with Crippen LogP contribution < -0.4 is 4.90 Å². The molecule has 1 aromatic carbocycles. The Bertz CT molecular complexity index is 508. The molecule has 0 bridgehead atoms. The van der Waals surface area contributed by atoms with Crippen LogP contribution >= 0.6 is 0 Å². The molecule has 104 valence electrons. The fourth-order valence-corrected chi connectivity index (χ4v) is 1.68. The van der Waals surface area contributed by atoms with E-state index in [1.807, 2.05) is 0 Å². The second-order valence-electron chi connectivity index (χ2n) is 3.80. The average molecular weight is 274 g/mol. The molecule has 0 aliphatic rings. The molecule has 0 unspecified atom stereocenters. The van der Waals surface area contributed by atoms with E-state index in [0.29, 0.717) is 12.5 Å². The Morgan fingerprint density at radius 3 is 2.58 bits per heavy atom. The van der Waals surface area contributed by atoms with Gasteiger partial charge < -0.3 is 10.0 Å². The van der Waals surface area contributed by atoms with Gasteiger partial charge in [0.25, 0.3) is 5.69 Å². The van der Waals surface area contributed by atoms with Crippen LogP contribution in [-0.2, 0) is 4.79 Å². The van der Waals surface area contributed by atoms with Crippen LogP contribution in [0.5, 0.6) is 0 Å². The van der Waals surface area contributed by atoms with Crippen molar-refractivity contribution in [2.24, 2.45) is 0 Å². The van der Waals surface area contributed by atoms with E-state index in [-0.39, 0.29) is 6.54 Å². The minimum atomic E-state index is -1.41. The van der Waals surface area contributed by atoms with Crippen molar-refractivity contribution >= 4 is 17.3 Å². The molecule has 0 aliphatic carbocycles. The lowest BCUT2D eigenvalue weighted by Crippen LogP contribution is -2.32. The monoisotopic (exact) mass is 274 g/mol. The highest BCUT2D eigenvalue weighted by atomic mass is 19.2. The van der Waals surface area contributed by atoms with Gasteiger partial charge in [0.1, 0.15) is 6.54 Å². The van der Waals surface area contributed by atoms with Crippen LogP contribution in [0, 0.1) is 21.7 Å². The maximum Gasteiger partial charge on any atom is 0.323 e. The number of carboxylic acids is 1. The largest absolute Gasteiger partial charge is 0.480 e. The van der Waals surface area contributed by atoms with Crippen molar-refractivity contribution in [3.63, 3.8) is 0 Å². The topological polar surface area (TPSA) is 83.7 Å². The van der Waals surface area contributed by atoms with E-state index in [1.165, 1.54) is 0 Å². The first-order valence-corrected chi connectivity index (χ1v) is 5.47. The van der Waals surface area contributed by atoms with Crippen molar-refractivity contribution in [1.29, 1.82) is 0 Å². The molecule has 0 aromatic heterocycles. The Balaban J connectivity index is 3.37. The van der Waals surface area contributed by atoms with Gasteiger partial charge in [-0.05, 0) is 12.5 Å². The Hall–Kier alpha value is -2.25. The highest BCUT2D eigenvalue weighted by molar-refractivity contribution is 5.76. The molecule has 19 heavy (non-hydrogen) atoms. The van der Waals surface area contributed by atoms with Crippen LogP contribution in [0.25, 0.3) is 0 Å². The summed E-state index contributed by atoms with van der Waals surface area (Å²) in [6, 6.07) is 1.46. The molecule has 0 amide bonds. The second-order valence-corrected chi connectivity index (χ2v) is 3.80. The van der Waals surface area contributed by atoms with Gasteiger partial charge in [0.05, 0.1) is 4.92 Å². The van der Waals surface area contributed by atoms with Gasteiger partial charge in [-0.3, -0.25) is 14.9 Å². The number of halogens is 2. The first kappa shape index (κ1) is 14.8. The lowest BCUT2D eigenvalue weighted by atomic mass is 10.2. The molecule has 0 radical (unpaired) electrons. The van der Waals surface area contributed by atoms with Gasteiger partial charge in [-0.2, -0.15) is 0 Å². The highest BCUT2D eigenvalue weighted by Gasteiger charge is 2.27. The lowest BCUT2D eigenvalue weighted by Gasteiger charge is -2.22. The number of aliphatic carboxylic acids is 1. The maximum atomic E-state index is 13.7. The third-order valence-corrected chi connectivity index (χ3v) is 2.38. The number of benzene rings is 1. The first-order chi connectivity index (χ1) is 8.88. The molecule has 0 spiro atoms. The first-order valence-electron chi connectivity index (χ1n) is 5.47. The second kappa shape index (κ2) is 6.07. The SMILES string of the molecule is CCCN(CC(=O)O)c1c([N+](=O)[O-])ccc(F)c1F. The lowest BCUT2D eigenvalue weighted by molar-refractivity contribution is -0.384. The van der Waals surface area contributed by atoms with E-state index >= 15 is 0 Å². The van der Waals surface area contributed by atoms with Gasteiger partial charge in [-0.25, -0.2) is 8.78 Å². The number of nitro groups is 1. The summed E-state index contributed by atoms with van der Waals surface area (Å²) in [5.74, 6) is -3.96. The summed E-state index contributed by atoms with van der Waals surface area (Å²) in [7, 11) is 0. The van der Waals surface area contributed by atoms with Gasteiger partial charge in [0.15, 0.2) is 17.3 Å². The van der Waals surface area contributed by atoms with Crippen molar-refractivity contribution in [3.8, 4) is 0 Å². The Labute approximate surface area is 107 Å². The van der Waals surface area contributed by atoms with Crippen LogP contribution in [0.15, 0.2) is 12.1 Å². The minimum Gasteiger partial charge on any atom is -0.480 e. The van der Waals surface area contributed by atoms with Gasteiger partial charge in [-0.15, -0.1) is 0 Å². The van der Waals surface area contributed by atoms with Crippen molar-refractivity contribution in [3.05, 3.63) is 33.9 Å². The van der Waals surface area contributed by atoms with Crippen LogP contribution in [-0.4, -0.2) is 29.1 Å². The fraction of sp³-hybridized carbons (Fsp3) is 0.364. The third-order valence-electron chi connectivity index (χ3n) is 2.38. The molecule has 8 heteroatoms. The quantitative estimate of drug-likeness (QED) is 0.635. The summed E-state index contributed by atoms with van der Waals surface area (Å²) >= 11 is 0. The molecule has 0 saturated heterocycles. The summed E-state index contributed by atoms with van der Waals surface area (Å²) < 4.78 is 26.9. The number of carbonyl (C=O) groups is 1. The van der Waals surface area contributed by atoms with Gasteiger partial charge in [0.2, 0.25) is 0 Å². The number of anilines is 1. The summed E-state index contributed by atoms with van der Waals surface area (Å²) in [5, 5.41) is 19.6. The van der Waals surface area contributed by atoms with E-state index in [9.17, 15) is 23.7 Å². The van der Waals surface area contributed by atoms with E-state index in [2.05, 4.69) is 0 Å². The van der Waals surface area contributed by atoms with Crippen LogP contribution in [0.4, 0.5) is 20.2 Å². The predicted octanol–water partition coefficient (Wildman–Crippen LogP) is 2.17. The van der Waals surface area contributed by atoms with Gasteiger partial charge in [0, 0.05) is 12.6 Å². The molecule has 1 rings (SSSR count). The summed E-state index contributed by atoms with van der Waals surface area (Å²) in [6.45, 7) is 1.11. The maximum absolute atomic E-state index is 13.7. The molecule has 0 atom stereocenters. The Kier molecular flexibility index (Phi) is 4.74. The number of rotatable bonds is 6. The molecular weight excluding hydrogens is 262 g/mol. The van der Waals surface area contributed by atoms with Crippen molar-refractivity contribution < 1.29 is 23.6 Å². The highest BCUT2D eigenvalue weighted by Crippen LogP contribution is 2.32. The van der Waals surface area contributed by atoms with Gasteiger partial charge >= 0.3 is 5.97 Å². The molecule has 0 heterocycles. The van der Waals surface area contributed by atoms with E-state index in [0.717, 1.165) is 11.0 Å². The van der Waals surface area contributed by atoms with Crippen LogP contribution in [0.3, 0.4) is 0 Å². The number of hydrogen-bond donors (Lipinski definition) is 1. The zero-order valence-electron chi connectivity index (χ0n) is 10.1. The van der Waals surface area contributed by atoms with E-state index < -0.39 is 40.4 Å². The average Bonchev–Trinajstić information content (AvgIpc) is 2.31. The normalized spacial score (nSPS) is 10.3. The smallest absolute Gasteiger partial charge is 0.323 e. The number of nitrogens with zero attached hydrogens (tertiary/aromatic N) is 2. The standard InChI is InChI=1S/C11H12F2N2O4/c1-2-5-14(6-9(16)17)11-8(15(18)19)4-3-7(12)10(11)13/h3-4H,2,5-6H2,1H3,(H,16,17). The summed E-state index contributed by atoms with van der Waals surface area (Å²) in [4.78, 5) is 21.6. The van der Waals surface area contributed by atoms with Crippen molar-refractivity contribution in [1.82, 2.24) is 0 Å². The molecule has 1 N–H and O–H groups in total. The molecule has 0 saturated carbocycles. The third kappa shape index (κ3) is 3.36. The molecule has 6 nitrogen and oxygen atoms in total. The Morgan fingerprint density at radius 1 is 1.47 bits per heavy atom. The van der Waals surface area contributed by atoms with Crippen LogP contribution in [0.2, 0.25) is 0 Å². The predicted molar refractivity (Wildman–Crippen MR) is 63.2 cm³/mol. The zero-order chi connectivity index (χ0) is 14.6. The fourth-order valence-electron chi connectivity index (χ4n) is 1.68. The molecule has 0 fully saturated rings. The summed E-state index contributed by atoms with van der Waals surface area (Å²) in [6.07, 6.45) is 0.431. The zero-order valence-corrected chi connectivity index (χ0v) is 10.1. The number of hydrogen-bond acceptors (Lipinski definition) is 4. The molecule has 1 aromatic rings. The Morgan fingerprint density at radius 2 is 2.11 bits per heavy atom.